The highest BCUT2D eigenvalue weighted by Crippen LogP contribution is 2.28. The maximum atomic E-state index is 10.6. The predicted molar refractivity (Wildman–Crippen MR) is 109 cm³/mol. The van der Waals surface area contributed by atoms with Crippen molar-refractivity contribution < 1.29 is 5.11 Å². The van der Waals surface area contributed by atoms with Crippen LogP contribution in [0.5, 0.6) is 0 Å². The summed E-state index contributed by atoms with van der Waals surface area (Å²) in [6.07, 6.45) is -0.530. The Morgan fingerprint density at radius 3 is 1.92 bits per heavy atom. The van der Waals surface area contributed by atoms with Gasteiger partial charge in [0, 0.05) is 12.6 Å². The first-order valence-corrected chi connectivity index (χ1v) is 9.10. The smallest absolute Gasteiger partial charge is 0.0940 e. The van der Waals surface area contributed by atoms with E-state index in [9.17, 15) is 5.11 Å². The van der Waals surface area contributed by atoms with Gasteiger partial charge in [-0.05, 0) is 45.7 Å². The molecule has 0 aliphatic rings. The van der Waals surface area contributed by atoms with Gasteiger partial charge in [-0.3, -0.25) is 0 Å². The monoisotopic (exact) mass is 341 g/mol. The van der Waals surface area contributed by atoms with Crippen LogP contribution >= 0.6 is 0 Å². The highest BCUT2D eigenvalue weighted by Gasteiger charge is 2.16. The van der Waals surface area contributed by atoms with Crippen LogP contribution in [0.25, 0.3) is 21.5 Å². The molecule has 2 N–H and O–H groups in total. The van der Waals surface area contributed by atoms with Crippen LogP contribution in [0.2, 0.25) is 0 Å². The molecule has 0 saturated heterocycles. The molecule has 0 radical (unpaired) electrons. The van der Waals surface area contributed by atoms with Crippen LogP contribution in [-0.2, 0) is 6.54 Å². The van der Waals surface area contributed by atoms with Crippen LogP contribution in [0.1, 0.15) is 24.2 Å². The highest BCUT2D eigenvalue weighted by atomic mass is 16.3. The van der Waals surface area contributed by atoms with Gasteiger partial charge in [0.1, 0.15) is 0 Å². The summed E-state index contributed by atoms with van der Waals surface area (Å²) in [5.74, 6) is 0. The average molecular weight is 341 g/mol. The van der Waals surface area contributed by atoms with Crippen molar-refractivity contribution >= 4 is 21.5 Å². The topological polar surface area (TPSA) is 32.3 Å². The number of nitrogens with one attached hydrogen (secondary N) is 1. The van der Waals surface area contributed by atoms with Crippen LogP contribution in [-0.4, -0.2) is 11.1 Å². The fourth-order valence-electron chi connectivity index (χ4n) is 3.61. The molecule has 0 heterocycles. The number of aliphatic hydroxyl groups excluding tert-OH is 1. The summed E-state index contributed by atoms with van der Waals surface area (Å²) in [6.45, 7) is 2.75. The highest BCUT2D eigenvalue weighted by molar-refractivity contribution is 6.02. The van der Waals surface area contributed by atoms with E-state index in [2.05, 4.69) is 59.9 Å². The van der Waals surface area contributed by atoms with Crippen molar-refractivity contribution in [3.63, 3.8) is 0 Å². The van der Waals surface area contributed by atoms with Crippen molar-refractivity contribution in [1.29, 1.82) is 0 Å². The maximum Gasteiger partial charge on any atom is 0.0940 e. The Hall–Kier alpha value is -2.68. The van der Waals surface area contributed by atoms with Gasteiger partial charge in [0.15, 0.2) is 0 Å². The largest absolute Gasteiger partial charge is 0.387 e. The van der Waals surface area contributed by atoms with Gasteiger partial charge in [0.25, 0.3) is 0 Å². The molecule has 0 fully saturated rings. The van der Waals surface area contributed by atoms with Crippen LogP contribution in [0.4, 0.5) is 0 Å². The van der Waals surface area contributed by atoms with Crippen molar-refractivity contribution in [2.24, 2.45) is 0 Å². The van der Waals surface area contributed by atoms with Gasteiger partial charge in [-0.15, -0.1) is 0 Å². The molecular formula is C24H23NO. The maximum absolute atomic E-state index is 10.6. The lowest BCUT2D eigenvalue weighted by Crippen LogP contribution is -2.31. The molecule has 26 heavy (non-hydrogen) atoms. The summed E-state index contributed by atoms with van der Waals surface area (Å²) < 4.78 is 0. The Bertz CT molecular complexity index is 972. The first-order chi connectivity index (χ1) is 12.7. The zero-order valence-corrected chi connectivity index (χ0v) is 14.9. The number of hydrogen-bond acceptors (Lipinski definition) is 2. The lowest BCUT2D eigenvalue weighted by Gasteiger charge is -2.22. The molecular weight excluding hydrogens is 318 g/mol. The molecule has 4 rings (SSSR count). The van der Waals surface area contributed by atoms with E-state index in [4.69, 9.17) is 0 Å². The zero-order valence-electron chi connectivity index (χ0n) is 14.9. The Morgan fingerprint density at radius 1 is 0.769 bits per heavy atom. The number of benzene rings is 4. The summed E-state index contributed by atoms with van der Waals surface area (Å²) in [7, 11) is 0. The van der Waals surface area contributed by atoms with E-state index in [1.807, 2.05) is 37.3 Å². The van der Waals surface area contributed by atoms with E-state index in [1.165, 1.54) is 27.1 Å². The Balaban J connectivity index is 1.66. The molecule has 130 valence electrons. The van der Waals surface area contributed by atoms with Crippen molar-refractivity contribution in [3.05, 3.63) is 96.1 Å². The van der Waals surface area contributed by atoms with Crippen molar-refractivity contribution in [2.75, 3.05) is 0 Å². The summed E-state index contributed by atoms with van der Waals surface area (Å²) in [6, 6.07) is 29.0. The van der Waals surface area contributed by atoms with Gasteiger partial charge in [-0.1, -0.05) is 78.9 Å². The fraction of sp³-hybridized carbons (Fsp3) is 0.167. The number of hydrogen-bond donors (Lipinski definition) is 2. The van der Waals surface area contributed by atoms with E-state index in [0.717, 1.165) is 5.56 Å². The summed E-state index contributed by atoms with van der Waals surface area (Å²) in [5.41, 5.74) is 2.22. The average Bonchev–Trinajstić information content (AvgIpc) is 2.71. The third kappa shape index (κ3) is 3.22. The second kappa shape index (κ2) is 7.28. The van der Waals surface area contributed by atoms with Gasteiger partial charge in [0.2, 0.25) is 0 Å². The third-order valence-electron chi connectivity index (χ3n) is 5.10. The first-order valence-electron chi connectivity index (χ1n) is 9.10. The molecule has 4 aromatic rings. The van der Waals surface area contributed by atoms with E-state index in [1.54, 1.807) is 0 Å². The number of fused-ring (bicyclic) bond motifs is 2. The van der Waals surface area contributed by atoms with Gasteiger partial charge in [-0.25, -0.2) is 0 Å². The molecule has 0 aromatic heterocycles. The second-order valence-corrected chi connectivity index (χ2v) is 6.82. The molecule has 0 aliphatic carbocycles. The molecule has 0 saturated carbocycles. The minimum atomic E-state index is -0.530. The first kappa shape index (κ1) is 16.8. The Labute approximate surface area is 154 Å². The van der Waals surface area contributed by atoms with Gasteiger partial charge >= 0.3 is 0 Å². The van der Waals surface area contributed by atoms with Gasteiger partial charge in [0.05, 0.1) is 6.10 Å². The van der Waals surface area contributed by atoms with Crippen LogP contribution in [0.3, 0.4) is 0 Å². The van der Waals surface area contributed by atoms with Crippen molar-refractivity contribution in [1.82, 2.24) is 5.32 Å². The van der Waals surface area contributed by atoms with Crippen LogP contribution in [0, 0.1) is 0 Å². The molecule has 0 amide bonds. The van der Waals surface area contributed by atoms with Gasteiger partial charge < -0.3 is 10.4 Å². The lowest BCUT2D eigenvalue weighted by molar-refractivity contribution is 0.135. The molecule has 2 nitrogen and oxygen atoms in total. The molecule has 2 heteroatoms. The SMILES string of the molecule is C[C@H](NCc1c2ccccc2cc2ccccc12)[C@H](O)c1ccccc1. The summed E-state index contributed by atoms with van der Waals surface area (Å²) in [5, 5.41) is 19.2. The third-order valence-corrected chi connectivity index (χ3v) is 5.10. The van der Waals surface area contributed by atoms with E-state index >= 15 is 0 Å². The predicted octanol–water partition coefficient (Wildman–Crippen LogP) is 5.20. The van der Waals surface area contributed by atoms with Gasteiger partial charge in [-0.2, -0.15) is 0 Å². The number of aliphatic hydroxyl groups is 1. The van der Waals surface area contributed by atoms with E-state index in [0.29, 0.717) is 6.54 Å². The molecule has 2 atom stereocenters. The Kier molecular flexibility index (Phi) is 4.70. The van der Waals surface area contributed by atoms with E-state index < -0.39 is 6.10 Å². The standard InChI is InChI=1S/C24H23NO/c1-17(24(26)18-9-3-2-4-10-18)25-16-23-21-13-7-5-11-19(21)15-20-12-6-8-14-22(20)23/h2-15,17,24-26H,16H2,1H3/t17-,24-/m0/s1. The van der Waals surface area contributed by atoms with Crippen LogP contribution < -0.4 is 5.32 Å². The minimum Gasteiger partial charge on any atom is -0.387 e. The fourth-order valence-corrected chi connectivity index (χ4v) is 3.61. The molecule has 0 bridgehead atoms. The summed E-state index contributed by atoms with van der Waals surface area (Å²) in [4.78, 5) is 0. The molecule has 4 aromatic carbocycles. The van der Waals surface area contributed by atoms with Crippen LogP contribution in [0.15, 0.2) is 84.9 Å². The lowest BCUT2D eigenvalue weighted by atomic mass is 9.96. The van der Waals surface area contributed by atoms with Crippen molar-refractivity contribution in [3.8, 4) is 0 Å². The quantitative estimate of drug-likeness (QED) is 0.489. The molecule has 0 unspecified atom stereocenters. The minimum absolute atomic E-state index is 0.0462. The molecule has 0 aliphatic heterocycles. The second-order valence-electron chi connectivity index (χ2n) is 6.82. The molecule has 0 spiro atoms. The van der Waals surface area contributed by atoms with E-state index in [-0.39, 0.29) is 6.04 Å². The number of rotatable bonds is 5. The Morgan fingerprint density at radius 2 is 1.31 bits per heavy atom. The summed E-state index contributed by atoms with van der Waals surface area (Å²) >= 11 is 0. The van der Waals surface area contributed by atoms with Crippen molar-refractivity contribution in [2.45, 2.75) is 25.6 Å². The zero-order chi connectivity index (χ0) is 17.9. The normalized spacial score (nSPS) is 13.8.